The predicted molar refractivity (Wildman–Crippen MR) is 125 cm³/mol. The minimum atomic E-state index is -0.403. The van der Waals surface area contributed by atoms with Gasteiger partial charge in [0.25, 0.3) is 5.91 Å². The molecular formula is C27H32N2O4. The summed E-state index contributed by atoms with van der Waals surface area (Å²) in [6.07, 6.45) is 4.32. The van der Waals surface area contributed by atoms with Gasteiger partial charge in [-0.25, -0.2) is 0 Å². The number of carbonyl (C=O) groups is 2. The van der Waals surface area contributed by atoms with Gasteiger partial charge in [0.05, 0.1) is 6.54 Å². The van der Waals surface area contributed by atoms with Gasteiger partial charge in [-0.2, -0.15) is 0 Å². The fourth-order valence-corrected chi connectivity index (χ4v) is 5.53. The lowest BCUT2D eigenvalue weighted by Crippen LogP contribution is -2.52. The number of hydrogen-bond acceptors (Lipinski definition) is 4. The summed E-state index contributed by atoms with van der Waals surface area (Å²) in [6.45, 7) is 4.84. The lowest BCUT2D eigenvalue weighted by Gasteiger charge is -2.43. The highest BCUT2D eigenvalue weighted by Gasteiger charge is 2.43. The van der Waals surface area contributed by atoms with Crippen LogP contribution in [0.2, 0.25) is 0 Å². The molecule has 0 saturated heterocycles. The van der Waals surface area contributed by atoms with Gasteiger partial charge in [0.2, 0.25) is 5.91 Å². The summed E-state index contributed by atoms with van der Waals surface area (Å²) in [5, 5.41) is 0. The summed E-state index contributed by atoms with van der Waals surface area (Å²) in [5.41, 5.74) is 2.48. The molecule has 0 bridgehead atoms. The van der Waals surface area contributed by atoms with Crippen LogP contribution in [0.4, 0.5) is 0 Å². The maximum absolute atomic E-state index is 13.3. The second-order valence-corrected chi connectivity index (χ2v) is 9.87. The molecule has 0 unspecified atom stereocenters. The van der Waals surface area contributed by atoms with Gasteiger partial charge in [0.15, 0.2) is 0 Å². The quantitative estimate of drug-likeness (QED) is 0.691. The fraction of sp³-hybridized carbons (Fsp3) is 0.481. The predicted octanol–water partition coefficient (Wildman–Crippen LogP) is 4.20. The monoisotopic (exact) mass is 448 g/mol. The van der Waals surface area contributed by atoms with Gasteiger partial charge in [0, 0.05) is 44.1 Å². The highest BCUT2D eigenvalue weighted by atomic mass is 16.5. The molecule has 174 valence electrons. The van der Waals surface area contributed by atoms with Crippen LogP contribution in [0, 0.1) is 0 Å². The molecule has 6 nitrogen and oxygen atoms in total. The van der Waals surface area contributed by atoms with E-state index in [1.807, 2.05) is 66.2 Å². The zero-order chi connectivity index (χ0) is 23.2. The van der Waals surface area contributed by atoms with Gasteiger partial charge < -0.3 is 19.3 Å². The standard InChI is InChI=1S/C27H32N2O4/c1-18-14-22-15-20(8-9-24(22)32-18)26(31)28(3)23-10-12-27(13-11-23)17-29(19(2)30)16-21-6-4-5-7-25(21)33-27/h4-9,15,18,23H,10-14,16-17H2,1-3H3/t18-,23?,27?/m1/s1. The Kier molecular flexibility index (Phi) is 5.55. The van der Waals surface area contributed by atoms with E-state index in [2.05, 4.69) is 0 Å². The molecule has 2 amide bonds. The van der Waals surface area contributed by atoms with Crippen molar-refractivity contribution in [2.45, 2.75) is 70.2 Å². The number of carbonyl (C=O) groups excluding carboxylic acids is 2. The maximum atomic E-state index is 13.3. The Balaban J connectivity index is 1.29. The number of para-hydroxylation sites is 1. The van der Waals surface area contributed by atoms with E-state index in [1.165, 1.54) is 0 Å². The first-order valence-corrected chi connectivity index (χ1v) is 11.9. The molecule has 33 heavy (non-hydrogen) atoms. The van der Waals surface area contributed by atoms with E-state index in [1.54, 1.807) is 6.92 Å². The second-order valence-electron chi connectivity index (χ2n) is 9.87. The van der Waals surface area contributed by atoms with Crippen molar-refractivity contribution in [1.29, 1.82) is 0 Å². The molecule has 2 heterocycles. The van der Waals surface area contributed by atoms with E-state index in [9.17, 15) is 9.59 Å². The largest absolute Gasteiger partial charge is 0.490 e. The van der Waals surface area contributed by atoms with Gasteiger partial charge in [0.1, 0.15) is 23.2 Å². The van der Waals surface area contributed by atoms with Crippen LogP contribution in [0.3, 0.4) is 0 Å². The molecule has 0 radical (unpaired) electrons. The van der Waals surface area contributed by atoms with Crippen LogP contribution in [0.25, 0.3) is 0 Å². The lowest BCUT2D eigenvalue weighted by molar-refractivity contribution is -0.132. The molecule has 0 aromatic heterocycles. The van der Waals surface area contributed by atoms with Gasteiger partial charge in [-0.15, -0.1) is 0 Å². The van der Waals surface area contributed by atoms with E-state index in [0.29, 0.717) is 13.1 Å². The van der Waals surface area contributed by atoms with Crippen LogP contribution >= 0.6 is 0 Å². The van der Waals surface area contributed by atoms with Crippen molar-refractivity contribution in [3.63, 3.8) is 0 Å². The zero-order valence-electron chi connectivity index (χ0n) is 19.7. The summed E-state index contributed by atoms with van der Waals surface area (Å²) < 4.78 is 12.4. The van der Waals surface area contributed by atoms with Crippen LogP contribution in [0.5, 0.6) is 11.5 Å². The highest BCUT2D eigenvalue weighted by molar-refractivity contribution is 5.94. The normalized spacial score (nSPS) is 26.0. The molecule has 3 aliphatic rings. The molecule has 6 heteroatoms. The summed E-state index contributed by atoms with van der Waals surface area (Å²) in [4.78, 5) is 29.4. The molecule has 2 aromatic rings. The molecule has 1 fully saturated rings. The van der Waals surface area contributed by atoms with Gasteiger partial charge in [-0.1, -0.05) is 18.2 Å². The average Bonchev–Trinajstić information content (AvgIpc) is 3.09. The van der Waals surface area contributed by atoms with Crippen molar-refractivity contribution >= 4 is 11.8 Å². The van der Waals surface area contributed by atoms with Gasteiger partial charge in [-0.3, -0.25) is 9.59 Å². The van der Waals surface area contributed by atoms with Crippen LogP contribution in [0.15, 0.2) is 42.5 Å². The number of amides is 2. The Labute approximate surface area is 195 Å². The first kappa shape index (κ1) is 21.8. The molecule has 1 saturated carbocycles. The van der Waals surface area contributed by atoms with Crippen LogP contribution < -0.4 is 9.47 Å². The van der Waals surface area contributed by atoms with E-state index in [4.69, 9.17) is 9.47 Å². The van der Waals surface area contributed by atoms with Crippen molar-refractivity contribution in [2.24, 2.45) is 0 Å². The first-order valence-electron chi connectivity index (χ1n) is 11.9. The van der Waals surface area contributed by atoms with Crippen LogP contribution in [-0.2, 0) is 17.8 Å². The number of benzene rings is 2. The number of hydrogen-bond donors (Lipinski definition) is 0. The fourth-order valence-electron chi connectivity index (χ4n) is 5.53. The Morgan fingerprint density at radius 1 is 1.06 bits per heavy atom. The zero-order valence-corrected chi connectivity index (χ0v) is 19.7. The maximum Gasteiger partial charge on any atom is 0.253 e. The summed E-state index contributed by atoms with van der Waals surface area (Å²) in [6, 6.07) is 13.9. The highest BCUT2D eigenvalue weighted by Crippen LogP contribution is 2.39. The van der Waals surface area contributed by atoms with Gasteiger partial charge >= 0.3 is 0 Å². The van der Waals surface area contributed by atoms with Crippen molar-refractivity contribution < 1.29 is 19.1 Å². The number of nitrogens with zero attached hydrogens (tertiary/aromatic N) is 2. The Hall–Kier alpha value is -3.02. The van der Waals surface area contributed by atoms with Crippen LogP contribution in [0.1, 0.15) is 61.0 Å². The first-order chi connectivity index (χ1) is 15.8. The second kappa shape index (κ2) is 8.40. The van der Waals surface area contributed by atoms with Gasteiger partial charge in [-0.05, 0) is 62.4 Å². The van der Waals surface area contributed by atoms with Crippen LogP contribution in [-0.4, -0.2) is 53.0 Å². The minimum absolute atomic E-state index is 0.0517. The summed E-state index contributed by atoms with van der Waals surface area (Å²) in [5.74, 6) is 1.88. The molecular weight excluding hydrogens is 416 g/mol. The molecule has 1 spiro atoms. The molecule has 2 aliphatic heterocycles. The topological polar surface area (TPSA) is 59.1 Å². The lowest BCUT2D eigenvalue weighted by atomic mass is 9.81. The molecule has 0 N–H and O–H groups in total. The Morgan fingerprint density at radius 3 is 2.58 bits per heavy atom. The number of ether oxygens (including phenoxy) is 2. The van der Waals surface area contributed by atoms with Crippen molar-refractivity contribution in [1.82, 2.24) is 9.80 Å². The van der Waals surface area contributed by atoms with Crippen molar-refractivity contribution in [3.8, 4) is 11.5 Å². The SMILES string of the molecule is CC(=O)N1Cc2ccccc2OC2(CCC(N(C)C(=O)c3ccc4c(c3)C[C@@H](C)O4)CC2)C1. The number of fused-ring (bicyclic) bond motifs is 2. The Bertz CT molecular complexity index is 1070. The third kappa shape index (κ3) is 4.19. The third-order valence-corrected chi connectivity index (χ3v) is 7.46. The molecule has 5 rings (SSSR count). The van der Waals surface area contributed by atoms with E-state index < -0.39 is 5.60 Å². The minimum Gasteiger partial charge on any atom is -0.490 e. The van der Waals surface area contributed by atoms with E-state index in [0.717, 1.165) is 60.3 Å². The van der Waals surface area contributed by atoms with E-state index in [-0.39, 0.29) is 24.0 Å². The molecule has 2 aromatic carbocycles. The molecule has 1 aliphatic carbocycles. The Morgan fingerprint density at radius 2 is 1.82 bits per heavy atom. The number of rotatable bonds is 2. The smallest absolute Gasteiger partial charge is 0.253 e. The third-order valence-electron chi connectivity index (χ3n) is 7.46. The van der Waals surface area contributed by atoms with E-state index >= 15 is 0 Å². The summed E-state index contributed by atoms with van der Waals surface area (Å²) in [7, 11) is 1.91. The van der Waals surface area contributed by atoms with Crippen molar-refractivity contribution in [2.75, 3.05) is 13.6 Å². The van der Waals surface area contributed by atoms with Crippen molar-refractivity contribution in [3.05, 3.63) is 59.2 Å². The molecule has 1 atom stereocenters. The average molecular weight is 449 g/mol. The summed E-state index contributed by atoms with van der Waals surface area (Å²) >= 11 is 0.